The molecule has 2 aromatic heterocycles. The van der Waals surface area contributed by atoms with Gasteiger partial charge in [-0.2, -0.15) is 5.10 Å². The third-order valence-corrected chi connectivity index (χ3v) is 5.64. The maximum Gasteiger partial charge on any atom is 0.180 e. The second kappa shape index (κ2) is 6.84. The first-order valence-corrected chi connectivity index (χ1v) is 9.96. The lowest BCUT2D eigenvalue weighted by atomic mass is 10.1. The van der Waals surface area contributed by atoms with Gasteiger partial charge in [0.1, 0.15) is 12.4 Å². The zero-order valence-corrected chi connectivity index (χ0v) is 17.0. The molecule has 1 aliphatic heterocycles. The first-order valence-electron chi connectivity index (χ1n) is 8.79. The zero-order chi connectivity index (χ0) is 19.3. The van der Waals surface area contributed by atoms with Crippen molar-refractivity contribution in [1.82, 2.24) is 24.3 Å². The number of hydrogen-bond donors (Lipinski definition) is 1. The Morgan fingerprint density at radius 1 is 1.18 bits per heavy atom. The molecule has 6 nitrogen and oxygen atoms in total. The molecule has 0 amide bonds. The minimum atomic E-state index is -0.794. The molecule has 0 saturated carbocycles. The van der Waals surface area contributed by atoms with E-state index in [4.69, 9.17) is 11.6 Å². The van der Waals surface area contributed by atoms with Crippen molar-refractivity contribution < 1.29 is 5.11 Å². The number of halogens is 2. The topological polar surface area (TPSA) is 68.8 Å². The Bertz CT molecular complexity index is 1170. The lowest BCUT2D eigenvalue weighted by molar-refractivity contribution is 0.168. The van der Waals surface area contributed by atoms with Crippen molar-refractivity contribution in [2.45, 2.75) is 19.1 Å². The number of nitrogens with zero attached hydrogens (tertiary/aromatic N) is 5. The van der Waals surface area contributed by atoms with Gasteiger partial charge in [0.05, 0.1) is 17.9 Å². The number of aliphatic hydroxyl groups excluding tert-OH is 1. The molecule has 0 aliphatic carbocycles. The predicted octanol–water partition coefficient (Wildman–Crippen LogP) is 4.18. The van der Waals surface area contributed by atoms with Crippen LogP contribution in [0.15, 0.2) is 59.3 Å². The molecule has 1 atom stereocenters. The fraction of sp³-hybridized carbons (Fsp3) is 0.150. The van der Waals surface area contributed by atoms with Gasteiger partial charge in [0.25, 0.3) is 0 Å². The SMILES string of the molecule is OC(Cc1ccccc1)c1nc2n(n1)Cc1c(Cl)ncn1-c1ccc(Br)cc1-2. The van der Waals surface area contributed by atoms with Crippen molar-refractivity contribution in [1.29, 1.82) is 0 Å². The zero-order valence-electron chi connectivity index (χ0n) is 14.6. The quantitative estimate of drug-likeness (QED) is 0.442. The molecule has 0 fully saturated rings. The monoisotopic (exact) mass is 455 g/mol. The van der Waals surface area contributed by atoms with Gasteiger partial charge in [0.2, 0.25) is 0 Å². The van der Waals surface area contributed by atoms with Crippen LogP contribution in [0, 0.1) is 0 Å². The van der Waals surface area contributed by atoms with Crippen LogP contribution in [-0.2, 0) is 13.0 Å². The van der Waals surface area contributed by atoms with Gasteiger partial charge in [-0.15, -0.1) is 0 Å². The number of benzene rings is 2. The van der Waals surface area contributed by atoms with Crippen LogP contribution in [0.25, 0.3) is 17.1 Å². The van der Waals surface area contributed by atoms with Crippen LogP contribution in [0.3, 0.4) is 0 Å². The fourth-order valence-corrected chi connectivity index (χ4v) is 4.03. The van der Waals surface area contributed by atoms with E-state index in [-0.39, 0.29) is 0 Å². The van der Waals surface area contributed by atoms with Gasteiger partial charge in [-0.25, -0.2) is 14.6 Å². The number of aliphatic hydroxyl groups is 1. The molecule has 1 aliphatic rings. The molecule has 0 radical (unpaired) electrons. The summed E-state index contributed by atoms with van der Waals surface area (Å²) in [5, 5.41) is 15.7. The summed E-state index contributed by atoms with van der Waals surface area (Å²) >= 11 is 9.85. The van der Waals surface area contributed by atoms with Crippen LogP contribution < -0.4 is 0 Å². The molecule has 0 spiro atoms. The van der Waals surface area contributed by atoms with Crippen molar-refractivity contribution >= 4 is 27.5 Å². The van der Waals surface area contributed by atoms with Crippen LogP contribution in [-0.4, -0.2) is 29.4 Å². The smallest absolute Gasteiger partial charge is 0.180 e. The van der Waals surface area contributed by atoms with Gasteiger partial charge in [0.15, 0.2) is 16.8 Å². The van der Waals surface area contributed by atoms with Crippen molar-refractivity contribution in [3.8, 4) is 17.1 Å². The van der Waals surface area contributed by atoms with Gasteiger partial charge < -0.3 is 5.11 Å². The highest BCUT2D eigenvalue weighted by Crippen LogP contribution is 2.35. The molecule has 140 valence electrons. The lowest BCUT2D eigenvalue weighted by Crippen LogP contribution is -2.08. The molecule has 8 heteroatoms. The normalized spacial score (nSPS) is 13.4. The summed E-state index contributed by atoms with van der Waals surface area (Å²) in [7, 11) is 0. The highest BCUT2D eigenvalue weighted by Gasteiger charge is 2.26. The molecule has 1 unspecified atom stereocenters. The second-order valence-corrected chi connectivity index (χ2v) is 7.94. The highest BCUT2D eigenvalue weighted by atomic mass is 79.9. The molecular formula is C20H15BrClN5O. The number of imidazole rings is 1. The van der Waals surface area contributed by atoms with E-state index in [2.05, 4.69) is 31.0 Å². The van der Waals surface area contributed by atoms with E-state index in [9.17, 15) is 5.11 Å². The van der Waals surface area contributed by atoms with E-state index in [1.807, 2.05) is 53.1 Å². The Morgan fingerprint density at radius 3 is 2.82 bits per heavy atom. The van der Waals surface area contributed by atoms with E-state index < -0.39 is 6.10 Å². The van der Waals surface area contributed by atoms with Crippen molar-refractivity contribution in [3.05, 3.63) is 81.6 Å². The van der Waals surface area contributed by atoms with Gasteiger partial charge >= 0.3 is 0 Å². The van der Waals surface area contributed by atoms with E-state index in [0.717, 1.165) is 27.0 Å². The van der Waals surface area contributed by atoms with Gasteiger partial charge in [-0.05, 0) is 23.8 Å². The maximum atomic E-state index is 10.7. The largest absolute Gasteiger partial charge is 0.385 e. The van der Waals surface area contributed by atoms with Gasteiger partial charge in [0, 0.05) is 16.5 Å². The summed E-state index contributed by atoms with van der Waals surface area (Å²) in [6.45, 7) is 0.422. The highest BCUT2D eigenvalue weighted by molar-refractivity contribution is 9.10. The molecular weight excluding hydrogens is 442 g/mol. The summed E-state index contributed by atoms with van der Waals surface area (Å²) in [6.07, 6.45) is 1.37. The van der Waals surface area contributed by atoms with Crippen LogP contribution >= 0.6 is 27.5 Å². The first kappa shape index (κ1) is 17.6. The molecule has 28 heavy (non-hydrogen) atoms. The molecule has 3 heterocycles. The molecule has 5 rings (SSSR count). The first-order chi connectivity index (χ1) is 13.6. The summed E-state index contributed by atoms with van der Waals surface area (Å²) in [6, 6.07) is 15.8. The molecule has 1 N–H and O–H groups in total. The van der Waals surface area contributed by atoms with Gasteiger partial charge in [-0.3, -0.25) is 4.57 Å². The standard InChI is InChI=1S/C20H15BrClN5O/c21-13-6-7-15-14(9-13)20-24-19(17(28)8-12-4-2-1-3-5-12)25-27(20)10-16-18(22)23-11-26(15)16/h1-7,9,11,17,28H,8,10H2. The Balaban J connectivity index is 1.61. The summed E-state index contributed by atoms with van der Waals surface area (Å²) in [5.41, 5.74) is 3.68. The van der Waals surface area contributed by atoms with E-state index in [0.29, 0.717) is 29.8 Å². The third kappa shape index (κ3) is 2.96. The second-order valence-electron chi connectivity index (χ2n) is 6.67. The Labute approximate surface area is 174 Å². The van der Waals surface area contributed by atoms with Crippen molar-refractivity contribution in [2.75, 3.05) is 0 Å². The summed E-state index contributed by atoms with van der Waals surface area (Å²) in [4.78, 5) is 8.92. The van der Waals surface area contributed by atoms with E-state index >= 15 is 0 Å². The number of hydrogen-bond acceptors (Lipinski definition) is 4. The van der Waals surface area contributed by atoms with E-state index in [1.165, 1.54) is 0 Å². The molecule has 2 aromatic carbocycles. The molecule has 0 bridgehead atoms. The average Bonchev–Trinajstić information content (AvgIpc) is 3.24. The summed E-state index contributed by atoms with van der Waals surface area (Å²) in [5.74, 6) is 1.09. The van der Waals surface area contributed by atoms with E-state index in [1.54, 1.807) is 11.0 Å². The third-order valence-electron chi connectivity index (χ3n) is 4.83. The lowest BCUT2D eigenvalue weighted by Gasteiger charge is -2.09. The van der Waals surface area contributed by atoms with Crippen molar-refractivity contribution in [3.63, 3.8) is 0 Å². The average molecular weight is 457 g/mol. The number of rotatable bonds is 3. The van der Waals surface area contributed by atoms with Crippen LogP contribution in [0.5, 0.6) is 0 Å². The molecule has 4 aromatic rings. The van der Waals surface area contributed by atoms with Crippen molar-refractivity contribution in [2.24, 2.45) is 0 Å². The fourth-order valence-electron chi connectivity index (χ4n) is 3.48. The summed E-state index contributed by atoms with van der Waals surface area (Å²) < 4.78 is 4.67. The Morgan fingerprint density at radius 2 is 2.00 bits per heavy atom. The predicted molar refractivity (Wildman–Crippen MR) is 109 cm³/mol. The van der Waals surface area contributed by atoms with Crippen LogP contribution in [0.4, 0.5) is 0 Å². The number of aromatic nitrogens is 5. The van der Waals surface area contributed by atoms with Crippen LogP contribution in [0.1, 0.15) is 23.2 Å². The minimum Gasteiger partial charge on any atom is -0.385 e. The minimum absolute atomic E-state index is 0.397. The number of fused-ring (bicyclic) bond motifs is 5. The Kier molecular flexibility index (Phi) is 4.30. The molecule has 0 saturated heterocycles. The maximum absolute atomic E-state index is 10.7. The Hall–Kier alpha value is -2.48. The van der Waals surface area contributed by atoms with Gasteiger partial charge in [-0.1, -0.05) is 57.9 Å². The van der Waals surface area contributed by atoms with Crippen LogP contribution in [0.2, 0.25) is 5.15 Å².